The summed E-state index contributed by atoms with van der Waals surface area (Å²) in [4.78, 5) is 19.2. The van der Waals surface area contributed by atoms with Gasteiger partial charge >= 0.3 is 0 Å². The first kappa shape index (κ1) is 29.4. The predicted molar refractivity (Wildman–Crippen MR) is 209 cm³/mol. The maximum atomic E-state index is 4.99. The number of benzene rings is 5. The highest BCUT2D eigenvalue weighted by molar-refractivity contribution is 6.03. The Hall–Kier alpha value is -6.52. The van der Waals surface area contributed by atoms with Crippen LogP contribution in [-0.2, 0) is 5.41 Å². The zero-order valence-electron chi connectivity index (χ0n) is 28.3. The SMILES string of the molecule is CC1(C)c2ccccc2-c2c(-c3cc(-c4ccc(-c5cnc6c(ccc7cccnc76)c5)nc4)cc(-c4cccc5cccnc45)c3)cccc21. The summed E-state index contributed by atoms with van der Waals surface area (Å²) in [5.74, 6) is 0. The van der Waals surface area contributed by atoms with Crippen LogP contribution in [0.5, 0.6) is 0 Å². The van der Waals surface area contributed by atoms with E-state index < -0.39 is 0 Å². The van der Waals surface area contributed by atoms with Gasteiger partial charge < -0.3 is 0 Å². The fraction of sp³-hybridized carbons (Fsp3) is 0.0638. The lowest BCUT2D eigenvalue weighted by atomic mass is 9.82. The highest BCUT2D eigenvalue weighted by Gasteiger charge is 2.36. The molecule has 51 heavy (non-hydrogen) atoms. The molecule has 0 radical (unpaired) electrons. The third-order valence-corrected chi connectivity index (χ3v) is 10.6. The van der Waals surface area contributed by atoms with Crippen LogP contribution in [-0.4, -0.2) is 19.9 Å². The molecule has 0 spiro atoms. The molecular formula is C47H32N4. The van der Waals surface area contributed by atoms with Crippen molar-refractivity contribution in [2.45, 2.75) is 19.3 Å². The zero-order valence-corrected chi connectivity index (χ0v) is 28.3. The number of hydrogen-bond acceptors (Lipinski definition) is 4. The fourth-order valence-corrected chi connectivity index (χ4v) is 8.05. The van der Waals surface area contributed by atoms with Crippen molar-refractivity contribution in [2.24, 2.45) is 0 Å². The van der Waals surface area contributed by atoms with Crippen molar-refractivity contribution < 1.29 is 0 Å². The number of fused-ring (bicyclic) bond motifs is 7. The van der Waals surface area contributed by atoms with E-state index in [1.807, 2.05) is 36.9 Å². The molecule has 0 fully saturated rings. The van der Waals surface area contributed by atoms with Crippen LogP contribution in [0.4, 0.5) is 0 Å². The molecule has 1 aliphatic rings. The van der Waals surface area contributed by atoms with E-state index in [-0.39, 0.29) is 5.41 Å². The molecule has 0 saturated heterocycles. The van der Waals surface area contributed by atoms with Crippen LogP contribution >= 0.6 is 0 Å². The van der Waals surface area contributed by atoms with Crippen molar-refractivity contribution in [2.75, 3.05) is 0 Å². The number of para-hydroxylation sites is 1. The van der Waals surface area contributed by atoms with Gasteiger partial charge in [-0.2, -0.15) is 0 Å². The Labute approximate surface area is 296 Å². The normalized spacial score (nSPS) is 13.1. The summed E-state index contributed by atoms with van der Waals surface area (Å²) in [5.41, 5.74) is 16.7. The first-order chi connectivity index (χ1) is 25.0. The lowest BCUT2D eigenvalue weighted by molar-refractivity contribution is 0.660. The summed E-state index contributed by atoms with van der Waals surface area (Å²) in [7, 11) is 0. The predicted octanol–water partition coefficient (Wildman–Crippen LogP) is 11.7. The van der Waals surface area contributed by atoms with Gasteiger partial charge in [0.2, 0.25) is 0 Å². The quantitative estimate of drug-likeness (QED) is 0.178. The molecule has 1 aliphatic carbocycles. The van der Waals surface area contributed by atoms with Crippen LogP contribution in [0.25, 0.3) is 88.5 Å². The van der Waals surface area contributed by atoms with E-state index in [4.69, 9.17) is 15.0 Å². The molecule has 0 atom stereocenters. The largest absolute Gasteiger partial charge is 0.256 e. The molecule has 240 valence electrons. The Morgan fingerprint density at radius 3 is 1.86 bits per heavy atom. The second kappa shape index (κ2) is 11.3. The summed E-state index contributed by atoms with van der Waals surface area (Å²) in [6, 6.07) is 47.8. The Balaban J connectivity index is 1.13. The Morgan fingerprint density at radius 1 is 0.392 bits per heavy atom. The number of nitrogens with zero attached hydrogens (tertiary/aromatic N) is 4. The smallest absolute Gasteiger partial charge is 0.0965 e. The van der Waals surface area contributed by atoms with E-state index in [0.29, 0.717) is 0 Å². The topological polar surface area (TPSA) is 51.6 Å². The number of pyridine rings is 4. The average molecular weight is 653 g/mol. The van der Waals surface area contributed by atoms with Crippen LogP contribution in [0.1, 0.15) is 25.0 Å². The van der Waals surface area contributed by atoms with Gasteiger partial charge in [0.05, 0.1) is 22.2 Å². The van der Waals surface area contributed by atoms with Gasteiger partial charge in [-0.05, 0) is 87.0 Å². The molecule has 5 aromatic carbocycles. The number of hydrogen-bond donors (Lipinski definition) is 0. The average Bonchev–Trinajstić information content (AvgIpc) is 3.43. The van der Waals surface area contributed by atoms with Crippen LogP contribution < -0.4 is 0 Å². The molecule has 10 rings (SSSR count). The third kappa shape index (κ3) is 4.68. The van der Waals surface area contributed by atoms with Crippen molar-refractivity contribution >= 4 is 32.7 Å². The maximum Gasteiger partial charge on any atom is 0.0965 e. The van der Waals surface area contributed by atoms with Gasteiger partial charge in [-0.3, -0.25) is 19.9 Å². The molecule has 9 aromatic rings. The van der Waals surface area contributed by atoms with E-state index in [9.17, 15) is 0 Å². The van der Waals surface area contributed by atoms with Gasteiger partial charge in [0.15, 0.2) is 0 Å². The summed E-state index contributed by atoms with van der Waals surface area (Å²) in [6.45, 7) is 4.67. The van der Waals surface area contributed by atoms with Crippen molar-refractivity contribution in [3.63, 3.8) is 0 Å². The number of rotatable bonds is 4. The van der Waals surface area contributed by atoms with Gasteiger partial charge in [0.25, 0.3) is 0 Å². The Bertz CT molecular complexity index is 2830. The Morgan fingerprint density at radius 2 is 1.02 bits per heavy atom. The highest BCUT2D eigenvalue weighted by atomic mass is 14.7. The minimum absolute atomic E-state index is 0.0804. The molecule has 4 heteroatoms. The zero-order chi connectivity index (χ0) is 34.1. The fourth-order valence-electron chi connectivity index (χ4n) is 8.05. The number of aromatic nitrogens is 4. The standard InChI is InChI=1S/C47H32N4/c1-47(2)40-15-4-3-12-39(40)43-37(13-6-16-41(43)47)34-24-33(25-35(26-34)38-14-5-9-29-10-7-21-48-44(29)38)32-19-20-42(50-27-32)36-23-31-18-17-30-11-8-22-49-45(30)46(31)51-28-36/h3-28H,1-2H3. The van der Waals surface area contributed by atoms with Gasteiger partial charge in [-0.1, -0.05) is 105 Å². The summed E-state index contributed by atoms with van der Waals surface area (Å²) in [6.07, 6.45) is 7.59. The molecule has 4 nitrogen and oxygen atoms in total. The van der Waals surface area contributed by atoms with Gasteiger partial charge in [0.1, 0.15) is 0 Å². The Kier molecular flexibility index (Phi) is 6.49. The van der Waals surface area contributed by atoms with Crippen molar-refractivity contribution in [3.05, 3.63) is 169 Å². The lowest BCUT2D eigenvalue weighted by Gasteiger charge is -2.21. The van der Waals surface area contributed by atoms with Crippen molar-refractivity contribution in [1.82, 2.24) is 19.9 Å². The minimum atomic E-state index is -0.0804. The molecule has 4 aromatic heterocycles. The third-order valence-electron chi connectivity index (χ3n) is 10.6. The van der Waals surface area contributed by atoms with Gasteiger partial charge in [-0.15, -0.1) is 0 Å². The molecule has 0 unspecified atom stereocenters. The molecule has 0 amide bonds. The van der Waals surface area contributed by atoms with E-state index in [1.165, 1.54) is 33.4 Å². The maximum absolute atomic E-state index is 4.99. The van der Waals surface area contributed by atoms with E-state index in [1.54, 1.807) is 0 Å². The second-order valence-electron chi connectivity index (χ2n) is 13.9. The lowest BCUT2D eigenvalue weighted by Crippen LogP contribution is -2.14. The van der Waals surface area contributed by atoms with Crippen LogP contribution in [0.2, 0.25) is 0 Å². The van der Waals surface area contributed by atoms with Crippen LogP contribution in [0.3, 0.4) is 0 Å². The van der Waals surface area contributed by atoms with Crippen LogP contribution in [0, 0.1) is 0 Å². The summed E-state index contributed by atoms with van der Waals surface area (Å²) in [5, 5.41) is 3.25. The van der Waals surface area contributed by atoms with E-state index in [2.05, 4.69) is 140 Å². The van der Waals surface area contributed by atoms with E-state index in [0.717, 1.165) is 66.2 Å². The highest BCUT2D eigenvalue weighted by Crippen LogP contribution is 2.52. The first-order valence-corrected chi connectivity index (χ1v) is 17.4. The van der Waals surface area contributed by atoms with Crippen molar-refractivity contribution in [1.29, 1.82) is 0 Å². The van der Waals surface area contributed by atoms with Gasteiger partial charge in [-0.25, -0.2) is 0 Å². The first-order valence-electron chi connectivity index (χ1n) is 17.4. The van der Waals surface area contributed by atoms with Crippen molar-refractivity contribution in [3.8, 4) is 55.8 Å². The monoisotopic (exact) mass is 652 g/mol. The summed E-state index contributed by atoms with van der Waals surface area (Å²) >= 11 is 0. The van der Waals surface area contributed by atoms with E-state index >= 15 is 0 Å². The summed E-state index contributed by atoms with van der Waals surface area (Å²) < 4.78 is 0. The second-order valence-corrected chi connectivity index (χ2v) is 13.9. The van der Waals surface area contributed by atoms with Crippen LogP contribution in [0.15, 0.2) is 158 Å². The molecule has 0 bridgehead atoms. The molecule has 0 N–H and O–H groups in total. The molecule has 0 saturated carbocycles. The molecule has 4 heterocycles. The minimum Gasteiger partial charge on any atom is -0.256 e. The molecular weight excluding hydrogens is 621 g/mol. The van der Waals surface area contributed by atoms with Gasteiger partial charge in [0, 0.05) is 63.1 Å². The molecule has 0 aliphatic heterocycles.